The van der Waals surface area contributed by atoms with E-state index in [4.69, 9.17) is 16.9 Å². The Balaban J connectivity index is 0.000000166. The molecular formula is C106H72ClF4Ir4N13-8. The first kappa shape index (κ1) is 98.5. The van der Waals surface area contributed by atoms with Crippen LogP contribution in [0.4, 0.5) is 17.6 Å². The molecule has 20 rings (SSSR count). The fourth-order valence-electron chi connectivity index (χ4n) is 12.2. The van der Waals surface area contributed by atoms with Gasteiger partial charge >= 0.3 is 6.18 Å². The van der Waals surface area contributed by atoms with Gasteiger partial charge in [0.25, 0.3) is 0 Å². The van der Waals surface area contributed by atoms with Crippen LogP contribution in [0.1, 0.15) is 33.9 Å². The molecule has 20 aromatic rings. The molecule has 0 aliphatic carbocycles. The molecule has 0 spiro atoms. The van der Waals surface area contributed by atoms with E-state index in [-0.39, 0.29) is 86.2 Å². The molecule has 4 radical (unpaired) electrons. The molecule has 0 N–H and O–H groups in total. The Morgan fingerprint density at radius 3 is 0.766 bits per heavy atom. The van der Waals surface area contributed by atoms with E-state index in [2.05, 4.69) is 114 Å². The van der Waals surface area contributed by atoms with Crippen molar-refractivity contribution >= 4 is 55.7 Å². The zero-order valence-electron chi connectivity index (χ0n) is 68.7. The number of nitriles is 1. The molecule has 0 aliphatic heterocycles. The Bertz CT molecular complexity index is 6250. The van der Waals surface area contributed by atoms with E-state index in [0.29, 0.717) is 33.1 Å². The number of nitrogens with zero attached hydrogens (tertiary/aromatic N) is 13. The second kappa shape index (κ2) is 50.1. The van der Waals surface area contributed by atoms with Crippen molar-refractivity contribution in [2.75, 3.05) is 0 Å². The van der Waals surface area contributed by atoms with Crippen molar-refractivity contribution in [3.05, 3.63) is 458 Å². The molecule has 128 heavy (non-hydrogen) atoms. The van der Waals surface area contributed by atoms with Crippen LogP contribution in [0.25, 0.3) is 134 Å². The maximum absolute atomic E-state index is 12.9. The second-order valence-corrected chi connectivity index (χ2v) is 27.4. The maximum atomic E-state index is 12.9. The fraction of sp³-hybridized carbons (Fsp3) is 0.0472. The zero-order valence-corrected chi connectivity index (χ0v) is 79.0. The minimum absolute atomic E-state index is 0. The summed E-state index contributed by atoms with van der Waals surface area (Å²) in [5.41, 5.74) is 23.8. The normalized spacial score (nSPS) is 10.1. The van der Waals surface area contributed by atoms with Gasteiger partial charge in [0, 0.05) is 163 Å². The third-order valence-corrected chi connectivity index (χ3v) is 18.5. The first-order valence-corrected chi connectivity index (χ1v) is 39.3. The van der Waals surface area contributed by atoms with E-state index in [1.165, 1.54) is 18.2 Å². The number of hydrogen-bond acceptors (Lipinski definition) is 13. The number of fused-ring (bicyclic) bond motifs is 4. The van der Waals surface area contributed by atoms with Gasteiger partial charge in [-0.05, 0) is 139 Å². The van der Waals surface area contributed by atoms with Gasteiger partial charge in [-0.25, -0.2) is 5.26 Å². The Morgan fingerprint density at radius 2 is 0.539 bits per heavy atom. The minimum Gasteiger partial charge on any atom is -0.305 e. The predicted octanol–water partition coefficient (Wildman–Crippen LogP) is 25.5. The minimum atomic E-state index is -4.36. The van der Waals surface area contributed by atoms with Gasteiger partial charge in [0.2, 0.25) is 0 Å². The summed E-state index contributed by atoms with van der Waals surface area (Å²) in [6.45, 7) is 7.56. The van der Waals surface area contributed by atoms with Crippen LogP contribution in [0, 0.1) is 93.4 Å². The number of hydrogen-bond donors (Lipinski definition) is 0. The second-order valence-electron chi connectivity index (χ2n) is 27.0. The average molecular weight is 2410 g/mol. The van der Waals surface area contributed by atoms with Crippen LogP contribution in [0.2, 0.25) is 5.02 Å². The zero-order chi connectivity index (χ0) is 86.3. The fourth-order valence-corrected chi connectivity index (χ4v) is 12.3. The number of alkyl halides is 3. The van der Waals surface area contributed by atoms with E-state index in [1.54, 1.807) is 56.0 Å². The molecule has 0 bridgehead atoms. The van der Waals surface area contributed by atoms with Crippen molar-refractivity contribution in [3.8, 4) is 96.1 Å². The van der Waals surface area contributed by atoms with E-state index < -0.39 is 11.7 Å². The summed E-state index contributed by atoms with van der Waals surface area (Å²) in [6, 6.07) is 130. The topological polar surface area (TPSA) is 178 Å². The molecule has 0 aliphatic rings. The SMILES string of the molecule is Cc1nc2ccccc2nc1-c1[c-]cc(C#N)cc1.Cc1nc2ccccc2nc1-c1[c-]cc(C(F)(F)F)cc1.Cc1nc2ccccc2nc1-c1[c-]cc(Cl)cc1.Cc1nc2ccccc2nc1-c1[c-]cc(F)cc1.[Ir].[Ir].[Ir].[Ir].[c-]1ccccc1-c1ccccn1.[c-]1ccccc1-c1ccccn1.[c-]1ccccc1-c1ccccn1.[c-]1ccccc1-c1ccccn1. The Kier molecular flexibility index (Phi) is 38.6. The molecule has 12 aromatic carbocycles. The predicted molar refractivity (Wildman–Crippen MR) is 483 cm³/mol. The first-order valence-electron chi connectivity index (χ1n) is 38.9. The van der Waals surface area contributed by atoms with Crippen LogP contribution in [0.3, 0.4) is 0 Å². The number of pyridine rings is 4. The van der Waals surface area contributed by atoms with Gasteiger partial charge in [-0.2, -0.15) is 13.2 Å². The summed E-state index contributed by atoms with van der Waals surface area (Å²) >= 11 is 5.87. The number of aryl methyl sites for hydroxylation is 4. The van der Waals surface area contributed by atoms with E-state index in [9.17, 15) is 17.6 Å². The molecule has 0 saturated heterocycles. The standard InChI is InChI=1S/C16H10F3N2.C16H10N3.C15H10ClN2.C15H10FN2.4C11H8N.4Ir/c1-10-15(21-14-5-3-2-4-13(14)20-10)11-6-8-12(9-7-11)16(17,18)19;1-11-16(13-8-6-12(10-17)7-9-13)19-15-5-3-2-4-14(15)18-11;2*1-10-15(11-6-8-12(16)9-7-11)18-14-5-3-2-4-13(14)17-10;4*1-2-6-10(7-3-1)11-8-4-5-9-12-11;;;;/h2-6,8-9H,1H3;2-8H,1H3;2*2-6,8-9H,1H3;4*1-6,8-9H;;;;/q8*-1;;;;. The van der Waals surface area contributed by atoms with Gasteiger partial charge in [-0.15, -0.1) is 274 Å². The molecule has 22 heteroatoms. The van der Waals surface area contributed by atoms with Crippen LogP contribution in [-0.2, 0) is 86.6 Å². The summed E-state index contributed by atoms with van der Waals surface area (Å²) in [6.07, 6.45) is 2.79. The van der Waals surface area contributed by atoms with Crippen LogP contribution in [-0.4, -0.2) is 59.8 Å². The molecular weight excluding hydrogens is 2340 g/mol. The third kappa shape index (κ3) is 28.4. The van der Waals surface area contributed by atoms with Crippen molar-refractivity contribution in [1.29, 1.82) is 5.26 Å². The number of benzene rings is 12. The molecule has 0 fully saturated rings. The maximum Gasteiger partial charge on any atom is 0.381 e. The molecule has 640 valence electrons. The van der Waals surface area contributed by atoms with E-state index in [0.717, 1.165) is 147 Å². The van der Waals surface area contributed by atoms with Crippen LogP contribution >= 0.6 is 11.6 Å². The van der Waals surface area contributed by atoms with Crippen molar-refractivity contribution in [1.82, 2.24) is 59.8 Å². The number of aromatic nitrogens is 12. The largest absolute Gasteiger partial charge is 0.381 e. The number of halogens is 5. The van der Waals surface area contributed by atoms with Gasteiger partial charge < -0.3 is 19.9 Å². The first-order chi connectivity index (χ1) is 60.6. The Hall–Kier alpha value is -13.3. The summed E-state index contributed by atoms with van der Waals surface area (Å²) in [7, 11) is 0. The van der Waals surface area contributed by atoms with Gasteiger partial charge in [-0.3, -0.25) is 44.3 Å². The van der Waals surface area contributed by atoms with Gasteiger partial charge in [0.15, 0.2) is 0 Å². The molecule has 8 heterocycles. The van der Waals surface area contributed by atoms with Crippen LogP contribution < -0.4 is 0 Å². The van der Waals surface area contributed by atoms with E-state index >= 15 is 0 Å². The van der Waals surface area contributed by atoms with E-state index in [1.807, 2.05) is 306 Å². The Morgan fingerprint density at radius 1 is 0.273 bits per heavy atom. The van der Waals surface area contributed by atoms with Crippen molar-refractivity contribution < 1.29 is 98.0 Å². The van der Waals surface area contributed by atoms with Crippen LogP contribution in [0.15, 0.2) is 365 Å². The molecule has 0 unspecified atom stereocenters. The summed E-state index contributed by atoms with van der Waals surface area (Å²) in [5.74, 6) is -0.301. The smallest absolute Gasteiger partial charge is 0.305 e. The van der Waals surface area contributed by atoms with Crippen LogP contribution in [0.5, 0.6) is 0 Å². The summed E-state index contributed by atoms with van der Waals surface area (Å²) in [5, 5.41) is 9.47. The monoisotopic (exact) mass is 2410 g/mol. The molecule has 8 aromatic heterocycles. The van der Waals surface area contributed by atoms with Crippen molar-refractivity contribution in [2.24, 2.45) is 0 Å². The number of rotatable bonds is 8. The Labute approximate surface area is 799 Å². The summed E-state index contributed by atoms with van der Waals surface area (Å²) in [4.78, 5) is 53.2. The van der Waals surface area contributed by atoms with Gasteiger partial charge in [-0.1, -0.05) is 97.1 Å². The molecule has 0 atom stereocenters. The number of para-hydroxylation sites is 8. The third-order valence-electron chi connectivity index (χ3n) is 18.2. The van der Waals surface area contributed by atoms with Gasteiger partial charge in [0.1, 0.15) is 0 Å². The van der Waals surface area contributed by atoms with Crippen molar-refractivity contribution in [3.63, 3.8) is 0 Å². The molecule has 0 saturated carbocycles. The summed E-state index contributed by atoms with van der Waals surface area (Å²) < 4.78 is 50.6. The molecule has 13 nitrogen and oxygen atoms in total. The quantitative estimate of drug-likeness (QED) is 0.104. The molecule has 0 amide bonds. The van der Waals surface area contributed by atoms with Gasteiger partial charge in [0.05, 0.1) is 44.1 Å². The van der Waals surface area contributed by atoms with Crippen molar-refractivity contribution in [2.45, 2.75) is 33.9 Å². The average Bonchev–Trinajstić information content (AvgIpc) is 0.815.